The number of benzene rings is 1. The highest BCUT2D eigenvalue weighted by Crippen LogP contribution is 2.15. The molecule has 1 unspecified atom stereocenters. The lowest BCUT2D eigenvalue weighted by atomic mass is 9.94. The van der Waals surface area contributed by atoms with E-state index in [2.05, 4.69) is 48.6 Å². The van der Waals surface area contributed by atoms with Gasteiger partial charge in [-0.2, -0.15) is 0 Å². The molecule has 0 aliphatic carbocycles. The van der Waals surface area contributed by atoms with Crippen molar-refractivity contribution in [3.05, 3.63) is 35.9 Å². The average molecular weight is 263 g/mol. The zero-order valence-electron chi connectivity index (χ0n) is 12.1. The molecule has 19 heavy (non-hydrogen) atoms. The predicted octanol–water partition coefficient (Wildman–Crippen LogP) is 2.51. The summed E-state index contributed by atoms with van der Waals surface area (Å²) in [6.07, 6.45) is 2.62. The summed E-state index contributed by atoms with van der Waals surface area (Å²) in [4.78, 5) is 0. The second-order valence-corrected chi connectivity index (χ2v) is 5.71. The molecule has 4 N–H and O–H groups in total. The van der Waals surface area contributed by atoms with Crippen LogP contribution in [0.4, 0.5) is 0 Å². The minimum atomic E-state index is 0.0188. The van der Waals surface area contributed by atoms with E-state index in [1.807, 2.05) is 13.0 Å². The minimum absolute atomic E-state index is 0.0188. The lowest BCUT2D eigenvalue weighted by Gasteiger charge is -2.30. The Labute approximate surface area is 115 Å². The smallest absolute Gasteiger partial charge is 0.140 e. The predicted molar refractivity (Wildman–Crippen MR) is 79.5 cm³/mol. The van der Waals surface area contributed by atoms with Gasteiger partial charge < -0.3 is 16.3 Å². The number of oxime groups is 1. The summed E-state index contributed by atoms with van der Waals surface area (Å²) in [5.41, 5.74) is 6.89. The molecule has 1 aromatic rings. The lowest BCUT2D eigenvalue weighted by molar-refractivity contribution is 0.307. The van der Waals surface area contributed by atoms with Crippen molar-refractivity contribution in [3.63, 3.8) is 0 Å². The molecule has 1 aromatic carbocycles. The van der Waals surface area contributed by atoms with Gasteiger partial charge in [0.05, 0.1) is 0 Å². The van der Waals surface area contributed by atoms with E-state index in [-0.39, 0.29) is 17.4 Å². The lowest BCUT2D eigenvalue weighted by Crippen LogP contribution is -2.46. The van der Waals surface area contributed by atoms with Crippen LogP contribution in [-0.2, 0) is 6.42 Å². The van der Waals surface area contributed by atoms with Crippen molar-refractivity contribution < 1.29 is 5.21 Å². The summed E-state index contributed by atoms with van der Waals surface area (Å²) >= 11 is 0. The van der Waals surface area contributed by atoms with E-state index in [1.165, 1.54) is 5.56 Å². The molecule has 0 radical (unpaired) electrons. The zero-order valence-corrected chi connectivity index (χ0v) is 12.1. The first-order valence-electron chi connectivity index (χ1n) is 6.71. The molecule has 0 fully saturated rings. The quantitative estimate of drug-likeness (QED) is 0.306. The summed E-state index contributed by atoms with van der Waals surface area (Å²) in [6.45, 7) is 6.40. The summed E-state index contributed by atoms with van der Waals surface area (Å²) < 4.78 is 0. The first-order valence-corrected chi connectivity index (χ1v) is 6.71. The first kappa shape index (κ1) is 15.5. The van der Waals surface area contributed by atoms with Crippen LogP contribution in [0.5, 0.6) is 0 Å². The first-order chi connectivity index (χ1) is 8.93. The van der Waals surface area contributed by atoms with E-state index in [4.69, 9.17) is 10.9 Å². The maximum Gasteiger partial charge on any atom is 0.140 e. The molecular formula is C15H25N3O. The van der Waals surface area contributed by atoms with Gasteiger partial charge in [0.25, 0.3) is 0 Å². The molecule has 0 spiro atoms. The Morgan fingerprint density at radius 2 is 2.00 bits per heavy atom. The molecule has 0 saturated heterocycles. The van der Waals surface area contributed by atoms with Crippen LogP contribution in [0.25, 0.3) is 0 Å². The largest absolute Gasteiger partial charge is 0.409 e. The van der Waals surface area contributed by atoms with Crippen LogP contribution >= 0.6 is 0 Å². The van der Waals surface area contributed by atoms with Crippen molar-refractivity contribution in [1.29, 1.82) is 0 Å². The van der Waals surface area contributed by atoms with Gasteiger partial charge in [-0.15, -0.1) is 0 Å². The van der Waals surface area contributed by atoms with Crippen molar-refractivity contribution in [3.8, 4) is 0 Å². The number of nitrogens with zero attached hydrogens (tertiary/aromatic N) is 1. The van der Waals surface area contributed by atoms with Gasteiger partial charge in [-0.3, -0.25) is 0 Å². The summed E-state index contributed by atoms with van der Waals surface area (Å²) in [5, 5.41) is 15.1. The average Bonchev–Trinajstić information content (AvgIpc) is 2.37. The summed E-state index contributed by atoms with van der Waals surface area (Å²) in [6, 6.07) is 10.6. The Morgan fingerprint density at radius 1 is 1.37 bits per heavy atom. The fourth-order valence-corrected chi connectivity index (χ4v) is 2.25. The van der Waals surface area contributed by atoms with Crippen LogP contribution in [-0.4, -0.2) is 22.6 Å². The van der Waals surface area contributed by atoms with Crippen molar-refractivity contribution in [2.45, 2.75) is 51.6 Å². The fourth-order valence-electron chi connectivity index (χ4n) is 2.25. The van der Waals surface area contributed by atoms with Gasteiger partial charge in [0, 0.05) is 18.0 Å². The summed E-state index contributed by atoms with van der Waals surface area (Å²) in [7, 11) is 0. The van der Waals surface area contributed by atoms with Gasteiger partial charge in [0.15, 0.2) is 0 Å². The number of aryl methyl sites for hydroxylation is 1. The Balaban J connectivity index is 2.43. The fraction of sp³-hybridized carbons (Fsp3) is 0.533. The molecule has 0 heterocycles. The molecule has 1 atom stereocenters. The monoisotopic (exact) mass is 263 g/mol. The van der Waals surface area contributed by atoms with Crippen molar-refractivity contribution >= 4 is 5.84 Å². The zero-order chi connectivity index (χ0) is 14.3. The summed E-state index contributed by atoms with van der Waals surface area (Å²) in [5.74, 6) is 0.263. The Hall–Kier alpha value is -1.55. The van der Waals surface area contributed by atoms with Gasteiger partial charge in [-0.05, 0) is 39.2 Å². The van der Waals surface area contributed by atoms with Crippen LogP contribution in [0.1, 0.15) is 39.2 Å². The number of rotatable bonds is 7. The van der Waals surface area contributed by atoms with Gasteiger partial charge >= 0.3 is 0 Å². The number of nitrogens with one attached hydrogen (secondary N) is 1. The Morgan fingerprint density at radius 3 is 2.58 bits per heavy atom. The standard InChI is InChI=1S/C15H25N3O/c1-12(11-14(16)18-19)17-15(2,3)10-9-13-7-5-4-6-8-13/h4-8,12,17,19H,9-11H2,1-3H3,(H2,16,18). The van der Waals surface area contributed by atoms with Gasteiger partial charge in [0.1, 0.15) is 5.84 Å². The van der Waals surface area contributed by atoms with E-state index in [0.29, 0.717) is 6.42 Å². The van der Waals surface area contributed by atoms with Crippen molar-refractivity contribution in [2.75, 3.05) is 0 Å². The van der Waals surface area contributed by atoms with E-state index < -0.39 is 0 Å². The van der Waals surface area contributed by atoms with Crippen LogP contribution in [0, 0.1) is 0 Å². The van der Waals surface area contributed by atoms with Crippen molar-refractivity contribution in [1.82, 2.24) is 5.32 Å². The topological polar surface area (TPSA) is 70.6 Å². The van der Waals surface area contributed by atoms with E-state index in [1.54, 1.807) is 0 Å². The molecular weight excluding hydrogens is 238 g/mol. The minimum Gasteiger partial charge on any atom is -0.409 e. The number of hydrogen-bond donors (Lipinski definition) is 3. The molecule has 4 heteroatoms. The maximum absolute atomic E-state index is 8.57. The van der Waals surface area contributed by atoms with Gasteiger partial charge in [0.2, 0.25) is 0 Å². The van der Waals surface area contributed by atoms with Crippen LogP contribution < -0.4 is 11.1 Å². The molecule has 4 nitrogen and oxygen atoms in total. The van der Waals surface area contributed by atoms with Gasteiger partial charge in [-0.1, -0.05) is 35.5 Å². The SMILES string of the molecule is CC(C/C(N)=N/O)NC(C)(C)CCc1ccccc1. The second kappa shape index (κ2) is 7.14. The third-order valence-electron chi connectivity index (χ3n) is 3.16. The van der Waals surface area contributed by atoms with Crippen LogP contribution in [0.15, 0.2) is 35.5 Å². The second-order valence-electron chi connectivity index (χ2n) is 5.71. The molecule has 1 rings (SSSR count). The molecule has 0 aliphatic rings. The molecule has 0 aromatic heterocycles. The van der Waals surface area contributed by atoms with E-state index >= 15 is 0 Å². The molecule has 0 aliphatic heterocycles. The Kier molecular flexibility index (Phi) is 5.83. The third-order valence-corrected chi connectivity index (χ3v) is 3.16. The van der Waals surface area contributed by atoms with Crippen molar-refractivity contribution in [2.24, 2.45) is 10.9 Å². The highest BCUT2D eigenvalue weighted by Gasteiger charge is 2.20. The number of amidine groups is 1. The number of nitrogens with two attached hydrogens (primary N) is 1. The number of hydrogen-bond acceptors (Lipinski definition) is 3. The molecule has 0 saturated carbocycles. The molecule has 106 valence electrons. The molecule has 0 amide bonds. The maximum atomic E-state index is 8.57. The molecule has 0 bridgehead atoms. The third kappa shape index (κ3) is 6.25. The van der Waals surface area contributed by atoms with E-state index in [9.17, 15) is 0 Å². The van der Waals surface area contributed by atoms with Crippen LogP contribution in [0.3, 0.4) is 0 Å². The van der Waals surface area contributed by atoms with Crippen LogP contribution in [0.2, 0.25) is 0 Å². The Bertz CT molecular complexity index is 401. The highest BCUT2D eigenvalue weighted by molar-refractivity contribution is 5.80. The highest BCUT2D eigenvalue weighted by atomic mass is 16.4. The van der Waals surface area contributed by atoms with Gasteiger partial charge in [-0.25, -0.2) is 0 Å². The normalized spacial score (nSPS) is 14.4. The van der Waals surface area contributed by atoms with E-state index in [0.717, 1.165) is 12.8 Å².